The standard InChI is InChI=1S/C12H20N4O2/c1-8-10(9(2)16(3)15-8)11(17)14-7-12(18)4-5-13-6-12/h13,18H,4-7H2,1-3H3,(H,14,17). The molecule has 1 aromatic heterocycles. The molecule has 1 unspecified atom stereocenters. The third-order valence-corrected chi connectivity index (χ3v) is 3.54. The second-order valence-corrected chi connectivity index (χ2v) is 5.00. The van der Waals surface area contributed by atoms with Gasteiger partial charge in [0.05, 0.1) is 16.9 Å². The molecule has 0 radical (unpaired) electrons. The lowest BCUT2D eigenvalue weighted by molar-refractivity contribution is 0.0561. The van der Waals surface area contributed by atoms with Gasteiger partial charge in [0, 0.05) is 25.8 Å². The van der Waals surface area contributed by atoms with Crippen molar-refractivity contribution in [3.8, 4) is 0 Å². The van der Waals surface area contributed by atoms with Crippen LogP contribution in [0.4, 0.5) is 0 Å². The summed E-state index contributed by atoms with van der Waals surface area (Å²) in [6, 6.07) is 0. The Balaban J connectivity index is 2.04. The summed E-state index contributed by atoms with van der Waals surface area (Å²) in [5.41, 5.74) is 1.33. The predicted octanol–water partition coefficient (Wildman–Crippen LogP) is -0.509. The first kappa shape index (κ1) is 13.0. The third-order valence-electron chi connectivity index (χ3n) is 3.54. The van der Waals surface area contributed by atoms with Crippen LogP contribution in [-0.2, 0) is 7.05 Å². The van der Waals surface area contributed by atoms with Gasteiger partial charge in [0.2, 0.25) is 0 Å². The zero-order valence-electron chi connectivity index (χ0n) is 11.1. The van der Waals surface area contributed by atoms with Gasteiger partial charge in [0.15, 0.2) is 0 Å². The highest BCUT2D eigenvalue weighted by atomic mass is 16.3. The molecule has 1 atom stereocenters. The van der Waals surface area contributed by atoms with Crippen LogP contribution in [0.1, 0.15) is 28.2 Å². The second kappa shape index (κ2) is 4.70. The number of β-amino-alcohol motifs (C(OH)–C–C–N with tert-alkyl or cyclic N) is 1. The molecule has 1 aromatic rings. The van der Waals surface area contributed by atoms with E-state index in [1.165, 1.54) is 0 Å². The summed E-state index contributed by atoms with van der Waals surface area (Å²) in [4.78, 5) is 12.1. The number of nitrogens with zero attached hydrogens (tertiary/aromatic N) is 2. The fourth-order valence-electron chi connectivity index (χ4n) is 2.32. The number of amides is 1. The Morgan fingerprint density at radius 3 is 2.83 bits per heavy atom. The minimum atomic E-state index is -0.820. The van der Waals surface area contributed by atoms with E-state index in [9.17, 15) is 9.90 Å². The molecular formula is C12H20N4O2. The normalized spacial score (nSPS) is 23.3. The lowest BCUT2D eigenvalue weighted by Gasteiger charge is -2.21. The smallest absolute Gasteiger partial charge is 0.255 e. The summed E-state index contributed by atoms with van der Waals surface area (Å²) in [6.07, 6.45) is 0.665. The highest BCUT2D eigenvalue weighted by Crippen LogP contribution is 2.15. The molecule has 0 bridgehead atoms. The summed E-state index contributed by atoms with van der Waals surface area (Å²) in [5.74, 6) is -0.168. The van der Waals surface area contributed by atoms with Gasteiger partial charge in [0.25, 0.3) is 5.91 Å². The fraction of sp³-hybridized carbons (Fsp3) is 0.667. The van der Waals surface area contributed by atoms with Crippen LogP contribution >= 0.6 is 0 Å². The number of hydrogen-bond acceptors (Lipinski definition) is 4. The average molecular weight is 252 g/mol. The Morgan fingerprint density at radius 1 is 1.61 bits per heavy atom. The molecule has 2 heterocycles. The van der Waals surface area contributed by atoms with E-state index in [-0.39, 0.29) is 12.5 Å². The van der Waals surface area contributed by atoms with E-state index in [0.29, 0.717) is 24.2 Å². The van der Waals surface area contributed by atoms with E-state index in [2.05, 4.69) is 15.7 Å². The molecule has 0 aromatic carbocycles. The van der Waals surface area contributed by atoms with Crippen LogP contribution in [0, 0.1) is 13.8 Å². The zero-order chi connectivity index (χ0) is 13.3. The van der Waals surface area contributed by atoms with Gasteiger partial charge in [-0.3, -0.25) is 9.48 Å². The number of hydrogen-bond donors (Lipinski definition) is 3. The molecule has 6 nitrogen and oxygen atoms in total. The van der Waals surface area contributed by atoms with Gasteiger partial charge in [-0.25, -0.2) is 0 Å². The summed E-state index contributed by atoms with van der Waals surface area (Å²) < 4.78 is 1.69. The van der Waals surface area contributed by atoms with Crippen molar-refractivity contribution in [3.05, 3.63) is 17.0 Å². The monoisotopic (exact) mass is 252 g/mol. The SMILES string of the molecule is Cc1nn(C)c(C)c1C(=O)NCC1(O)CCNC1. The minimum absolute atomic E-state index is 0.168. The van der Waals surface area contributed by atoms with E-state index in [1.54, 1.807) is 4.68 Å². The van der Waals surface area contributed by atoms with Crippen LogP contribution in [0.25, 0.3) is 0 Å². The predicted molar refractivity (Wildman–Crippen MR) is 67.5 cm³/mol. The minimum Gasteiger partial charge on any atom is -0.387 e. The van der Waals surface area contributed by atoms with Gasteiger partial charge >= 0.3 is 0 Å². The number of aryl methyl sites for hydroxylation is 2. The van der Waals surface area contributed by atoms with Crippen LogP contribution in [0.2, 0.25) is 0 Å². The van der Waals surface area contributed by atoms with Crippen LogP contribution in [0.3, 0.4) is 0 Å². The first-order chi connectivity index (χ1) is 8.43. The van der Waals surface area contributed by atoms with Gasteiger partial charge in [0.1, 0.15) is 0 Å². The number of rotatable bonds is 3. The van der Waals surface area contributed by atoms with Crippen molar-refractivity contribution in [2.45, 2.75) is 25.9 Å². The number of nitrogens with one attached hydrogen (secondary N) is 2. The molecule has 0 spiro atoms. The largest absolute Gasteiger partial charge is 0.387 e. The Hall–Kier alpha value is -1.40. The van der Waals surface area contributed by atoms with Gasteiger partial charge < -0.3 is 15.7 Å². The third kappa shape index (κ3) is 2.39. The van der Waals surface area contributed by atoms with Crippen LogP contribution in [-0.4, -0.2) is 46.0 Å². The maximum absolute atomic E-state index is 12.1. The maximum atomic E-state index is 12.1. The molecule has 1 fully saturated rings. The molecule has 1 aliphatic rings. The van der Waals surface area contributed by atoms with Crippen LogP contribution in [0.5, 0.6) is 0 Å². The van der Waals surface area contributed by atoms with E-state index in [0.717, 1.165) is 12.2 Å². The fourth-order valence-corrected chi connectivity index (χ4v) is 2.32. The molecule has 1 amide bonds. The van der Waals surface area contributed by atoms with Crippen LogP contribution in [0.15, 0.2) is 0 Å². The van der Waals surface area contributed by atoms with Crippen molar-refractivity contribution in [1.82, 2.24) is 20.4 Å². The highest BCUT2D eigenvalue weighted by Gasteiger charge is 2.31. The second-order valence-electron chi connectivity index (χ2n) is 5.00. The number of carbonyl (C=O) groups is 1. The molecule has 2 rings (SSSR count). The molecular weight excluding hydrogens is 232 g/mol. The number of aromatic nitrogens is 2. The topological polar surface area (TPSA) is 79.2 Å². The van der Waals surface area contributed by atoms with Gasteiger partial charge in [-0.1, -0.05) is 0 Å². The Kier molecular flexibility index (Phi) is 3.41. The Labute approximate surface area is 106 Å². The van der Waals surface area contributed by atoms with Crippen LogP contribution < -0.4 is 10.6 Å². The van der Waals surface area contributed by atoms with Crippen molar-refractivity contribution in [3.63, 3.8) is 0 Å². The summed E-state index contributed by atoms with van der Waals surface area (Å²) in [6.45, 7) is 5.26. The summed E-state index contributed by atoms with van der Waals surface area (Å²) >= 11 is 0. The lowest BCUT2D eigenvalue weighted by atomic mass is 10.0. The van der Waals surface area contributed by atoms with E-state index < -0.39 is 5.60 Å². The van der Waals surface area contributed by atoms with E-state index in [1.807, 2.05) is 20.9 Å². The van der Waals surface area contributed by atoms with Crippen molar-refractivity contribution in [1.29, 1.82) is 0 Å². The zero-order valence-corrected chi connectivity index (χ0v) is 11.1. The van der Waals surface area contributed by atoms with Crippen molar-refractivity contribution < 1.29 is 9.90 Å². The molecule has 0 saturated carbocycles. The average Bonchev–Trinajstić information content (AvgIpc) is 2.83. The van der Waals surface area contributed by atoms with Crippen molar-refractivity contribution in [2.75, 3.05) is 19.6 Å². The van der Waals surface area contributed by atoms with E-state index in [4.69, 9.17) is 0 Å². The first-order valence-corrected chi connectivity index (χ1v) is 6.14. The molecule has 1 saturated heterocycles. The van der Waals surface area contributed by atoms with Crippen molar-refractivity contribution >= 4 is 5.91 Å². The molecule has 18 heavy (non-hydrogen) atoms. The Morgan fingerprint density at radius 2 is 2.33 bits per heavy atom. The molecule has 100 valence electrons. The molecule has 6 heteroatoms. The molecule has 0 aliphatic carbocycles. The van der Waals surface area contributed by atoms with Gasteiger partial charge in [-0.2, -0.15) is 5.10 Å². The molecule has 3 N–H and O–H groups in total. The summed E-state index contributed by atoms with van der Waals surface area (Å²) in [5, 5.41) is 20.2. The molecule has 1 aliphatic heterocycles. The number of carbonyl (C=O) groups excluding carboxylic acids is 1. The Bertz CT molecular complexity index is 461. The highest BCUT2D eigenvalue weighted by molar-refractivity contribution is 5.96. The lowest BCUT2D eigenvalue weighted by Crippen LogP contribution is -2.44. The van der Waals surface area contributed by atoms with Gasteiger partial charge in [-0.05, 0) is 26.8 Å². The maximum Gasteiger partial charge on any atom is 0.255 e. The van der Waals surface area contributed by atoms with Gasteiger partial charge in [-0.15, -0.1) is 0 Å². The first-order valence-electron chi connectivity index (χ1n) is 6.14. The van der Waals surface area contributed by atoms with Crippen molar-refractivity contribution in [2.24, 2.45) is 7.05 Å². The van der Waals surface area contributed by atoms with E-state index >= 15 is 0 Å². The number of aliphatic hydroxyl groups is 1. The quantitative estimate of drug-likeness (QED) is 0.677. The summed E-state index contributed by atoms with van der Waals surface area (Å²) in [7, 11) is 1.81.